The monoisotopic (exact) mass is 394 g/mol. The van der Waals surface area contributed by atoms with Gasteiger partial charge in [-0.3, -0.25) is 0 Å². The molecule has 1 nitrogen and oxygen atoms in total. The molecule has 1 aliphatic heterocycles. The van der Waals surface area contributed by atoms with Gasteiger partial charge in [0.05, 0.1) is 0 Å². The molecule has 2 heteroatoms. The van der Waals surface area contributed by atoms with Crippen LogP contribution in [0.5, 0.6) is 11.5 Å². The predicted octanol–water partition coefficient (Wildman–Crippen LogP) is 6.95. The van der Waals surface area contributed by atoms with Gasteiger partial charge >= 0.3 is 0 Å². The molecular weight excluding hydrogens is 371 g/mol. The molecule has 0 saturated heterocycles. The van der Waals surface area contributed by atoms with Gasteiger partial charge in [-0.2, -0.15) is 0 Å². The Balaban J connectivity index is 1.79. The number of hydrogen-bond donors (Lipinski definition) is 0. The van der Waals surface area contributed by atoms with E-state index in [1.807, 2.05) is 12.1 Å². The van der Waals surface area contributed by atoms with Crippen molar-refractivity contribution in [2.45, 2.75) is 19.3 Å². The summed E-state index contributed by atoms with van der Waals surface area (Å²) in [5.74, 6) is 1.92. The van der Waals surface area contributed by atoms with Crippen molar-refractivity contribution in [3.63, 3.8) is 0 Å². The summed E-state index contributed by atoms with van der Waals surface area (Å²) >= 11 is 0. The van der Waals surface area contributed by atoms with Crippen LogP contribution in [0.25, 0.3) is 22.3 Å². The highest BCUT2D eigenvalue weighted by Crippen LogP contribution is 2.53. The van der Waals surface area contributed by atoms with Gasteiger partial charge in [0.2, 0.25) is 0 Å². The van der Waals surface area contributed by atoms with Crippen LogP contribution in [0, 0.1) is 0 Å². The van der Waals surface area contributed by atoms with Crippen LogP contribution < -0.4 is 10.0 Å². The largest absolute Gasteiger partial charge is 0.455 e. The fraction of sp³-hybridized carbons (Fsp3) is 0.111. The molecule has 1 unspecified atom stereocenters. The fourth-order valence-electron chi connectivity index (χ4n) is 4.41. The summed E-state index contributed by atoms with van der Waals surface area (Å²) in [5.41, 5.74) is 6.90. The molecule has 0 spiro atoms. The number of hydrogen-bond acceptors (Lipinski definition) is 1. The van der Waals surface area contributed by atoms with Gasteiger partial charge in [-0.25, -0.2) is 0 Å². The molecule has 0 amide bonds. The van der Waals surface area contributed by atoms with Crippen molar-refractivity contribution in [3.05, 3.63) is 102 Å². The van der Waals surface area contributed by atoms with E-state index in [1.54, 1.807) is 0 Å². The van der Waals surface area contributed by atoms with E-state index in [1.165, 1.54) is 27.6 Å². The average Bonchev–Trinajstić information content (AvgIpc) is 2.74. The normalized spacial score (nSPS) is 13.9. The molecule has 0 aliphatic carbocycles. The van der Waals surface area contributed by atoms with E-state index in [0.29, 0.717) is 0 Å². The van der Waals surface area contributed by atoms with Crippen molar-refractivity contribution in [1.82, 2.24) is 0 Å². The van der Waals surface area contributed by atoms with Crippen molar-refractivity contribution in [1.29, 1.82) is 0 Å². The number of benzene rings is 4. The third-order valence-corrected chi connectivity index (χ3v) is 6.36. The molecule has 4 aromatic rings. The average molecular weight is 394 g/mol. The summed E-state index contributed by atoms with van der Waals surface area (Å²) in [6.07, 6.45) is 0. The van der Waals surface area contributed by atoms with E-state index < -0.39 is 0 Å². The van der Waals surface area contributed by atoms with Crippen LogP contribution in [0.3, 0.4) is 0 Å². The SMILES string of the molecule is CC1(C)c2cccc(-c3ccccc3)c2Oc2c(-c3ccccc3)ccc(P)c21. The third-order valence-electron chi connectivity index (χ3n) is 5.88. The Bertz CT molecular complexity index is 1190. The van der Waals surface area contributed by atoms with Crippen LogP contribution in [0.2, 0.25) is 0 Å². The zero-order valence-electron chi connectivity index (χ0n) is 16.6. The van der Waals surface area contributed by atoms with Crippen LogP contribution in [-0.2, 0) is 5.41 Å². The zero-order chi connectivity index (χ0) is 20.0. The quantitative estimate of drug-likeness (QED) is 0.334. The Hall–Kier alpha value is -2.89. The molecule has 0 saturated carbocycles. The minimum atomic E-state index is -0.171. The maximum atomic E-state index is 6.75. The molecule has 4 aromatic carbocycles. The second kappa shape index (κ2) is 6.87. The summed E-state index contributed by atoms with van der Waals surface area (Å²) < 4.78 is 6.75. The first kappa shape index (κ1) is 18.2. The van der Waals surface area contributed by atoms with Crippen molar-refractivity contribution in [2.24, 2.45) is 0 Å². The fourth-order valence-corrected chi connectivity index (χ4v) is 5.00. The first-order chi connectivity index (χ1) is 14.1. The van der Waals surface area contributed by atoms with Gasteiger partial charge in [-0.15, -0.1) is 9.24 Å². The Morgan fingerprint density at radius 2 is 1.21 bits per heavy atom. The zero-order valence-corrected chi connectivity index (χ0v) is 17.8. The lowest BCUT2D eigenvalue weighted by Crippen LogP contribution is -2.29. The van der Waals surface area contributed by atoms with E-state index in [4.69, 9.17) is 4.74 Å². The lowest BCUT2D eigenvalue weighted by atomic mass is 9.73. The second-order valence-corrected chi connectivity index (χ2v) is 8.67. The molecule has 142 valence electrons. The van der Waals surface area contributed by atoms with Gasteiger partial charge in [0.1, 0.15) is 11.5 Å². The Labute approximate surface area is 174 Å². The molecule has 0 fully saturated rings. The lowest BCUT2D eigenvalue weighted by molar-refractivity contribution is 0.423. The van der Waals surface area contributed by atoms with Gasteiger partial charge in [-0.05, 0) is 22.5 Å². The standard InChI is InChI=1S/C27H23OP/c1-27(2)22-15-9-14-20(18-10-5-3-6-11-18)25(22)28-26-21(16-17-23(29)24(26)27)19-12-7-4-8-13-19/h3-17H,29H2,1-2H3. The van der Waals surface area contributed by atoms with E-state index in [9.17, 15) is 0 Å². The minimum absolute atomic E-state index is 0.171. The highest BCUT2D eigenvalue weighted by atomic mass is 31.0. The van der Waals surface area contributed by atoms with Gasteiger partial charge in [-0.1, -0.05) is 98.8 Å². The number of fused-ring (bicyclic) bond motifs is 2. The molecule has 1 heterocycles. The van der Waals surface area contributed by atoms with Crippen molar-refractivity contribution >= 4 is 14.5 Å². The van der Waals surface area contributed by atoms with E-state index in [0.717, 1.165) is 22.6 Å². The molecular formula is C27H23OP. The predicted molar refractivity (Wildman–Crippen MR) is 125 cm³/mol. The molecule has 0 aromatic heterocycles. The topological polar surface area (TPSA) is 9.23 Å². The van der Waals surface area contributed by atoms with Crippen molar-refractivity contribution in [2.75, 3.05) is 0 Å². The summed E-state index contributed by atoms with van der Waals surface area (Å²) in [5, 5.41) is 1.18. The summed E-state index contributed by atoms with van der Waals surface area (Å²) in [7, 11) is 2.90. The molecule has 5 rings (SSSR count). The summed E-state index contributed by atoms with van der Waals surface area (Å²) in [4.78, 5) is 0. The summed E-state index contributed by atoms with van der Waals surface area (Å²) in [6, 6.07) is 31.8. The number of rotatable bonds is 2. The number of para-hydroxylation sites is 1. The van der Waals surface area contributed by atoms with Crippen LogP contribution >= 0.6 is 9.24 Å². The second-order valence-electron chi connectivity index (χ2n) is 8.05. The third kappa shape index (κ3) is 2.89. The van der Waals surface area contributed by atoms with Gasteiger partial charge in [0, 0.05) is 27.7 Å². The van der Waals surface area contributed by atoms with Gasteiger partial charge in [0.15, 0.2) is 0 Å². The lowest BCUT2D eigenvalue weighted by Gasteiger charge is -2.37. The maximum absolute atomic E-state index is 6.75. The van der Waals surface area contributed by atoms with Crippen LogP contribution in [-0.4, -0.2) is 0 Å². The van der Waals surface area contributed by atoms with Crippen LogP contribution in [0.4, 0.5) is 0 Å². The van der Waals surface area contributed by atoms with Gasteiger partial charge < -0.3 is 4.74 Å². The first-order valence-electron chi connectivity index (χ1n) is 9.92. The number of ether oxygens (including phenoxy) is 1. The Kier molecular flexibility index (Phi) is 4.30. The molecule has 1 atom stereocenters. The maximum Gasteiger partial charge on any atom is 0.139 e. The summed E-state index contributed by atoms with van der Waals surface area (Å²) in [6.45, 7) is 4.59. The highest BCUT2D eigenvalue weighted by molar-refractivity contribution is 7.27. The van der Waals surface area contributed by atoms with Crippen molar-refractivity contribution in [3.8, 4) is 33.8 Å². The smallest absolute Gasteiger partial charge is 0.139 e. The van der Waals surface area contributed by atoms with Crippen LogP contribution in [0.1, 0.15) is 25.0 Å². The van der Waals surface area contributed by atoms with E-state index >= 15 is 0 Å². The van der Waals surface area contributed by atoms with Crippen LogP contribution in [0.15, 0.2) is 91.0 Å². The Morgan fingerprint density at radius 1 is 0.621 bits per heavy atom. The van der Waals surface area contributed by atoms with Gasteiger partial charge in [0.25, 0.3) is 0 Å². The minimum Gasteiger partial charge on any atom is -0.455 e. The molecule has 0 N–H and O–H groups in total. The highest BCUT2D eigenvalue weighted by Gasteiger charge is 2.38. The van der Waals surface area contributed by atoms with E-state index in [-0.39, 0.29) is 5.41 Å². The Morgan fingerprint density at radius 3 is 1.83 bits per heavy atom. The molecule has 1 aliphatic rings. The van der Waals surface area contributed by atoms with Crippen molar-refractivity contribution < 1.29 is 4.74 Å². The molecule has 29 heavy (non-hydrogen) atoms. The molecule has 0 bridgehead atoms. The van der Waals surface area contributed by atoms with E-state index in [2.05, 4.69) is 102 Å². The first-order valence-corrected chi connectivity index (χ1v) is 10.5. The molecule has 0 radical (unpaired) electrons.